The van der Waals surface area contributed by atoms with Gasteiger partial charge in [-0.2, -0.15) is 0 Å². The van der Waals surface area contributed by atoms with Crippen molar-refractivity contribution in [1.29, 1.82) is 0 Å². The number of aromatic nitrogens is 1. The second-order valence-corrected chi connectivity index (χ2v) is 16.0. The standard InChI is InChI=1S/C47H50N6O5/c1-49(37-14-16-39(54)17-15-37)45(55)42-28-44(52-19-8-7-13-43(42)52)40-26-33-18-20-51(47(57)48-36-11-3-2-4-12-36)29-35(33)27-41(40)46(56)53-30-34-10-6-5-9-32(34)25-38(53)31-50-21-23-58-24-22-50/h2-6,9-12,14-17,26-28,38,54H,7-8,13,18-25,29-31H2,1H3,(H,48,57)/t38-/m0/s1. The molecule has 1 atom stereocenters. The number of amides is 4. The van der Waals surface area contributed by atoms with Crippen LogP contribution in [0.5, 0.6) is 5.75 Å². The molecule has 298 valence electrons. The smallest absolute Gasteiger partial charge is 0.322 e. The van der Waals surface area contributed by atoms with Crippen molar-refractivity contribution < 1.29 is 24.2 Å². The van der Waals surface area contributed by atoms with Gasteiger partial charge in [0.15, 0.2) is 0 Å². The van der Waals surface area contributed by atoms with Gasteiger partial charge in [0.2, 0.25) is 0 Å². The third-order valence-corrected chi connectivity index (χ3v) is 12.4. The number of fused-ring (bicyclic) bond motifs is 3. The van der Waals surface area contributed by atoms with E-state index < -0.39 is 0 Å². The Labute approximate surface area is 339 Å². The number of benzene rings is 4. The predicted octanol–water partition coefficient (Wildman–Crippen LogP) is 6.96. The zero-order chi connectivity index (χ0) is 39.8. The zero-order valence-electron chi connectivity index (χ0n) is 33.0. The van der Waals surface area contributed by atoms with Gasteiger partial charge in [-0.25, -0.2) is 4.79 Å². The van der Waals surface area contributed by atoms with Crippen molar-refractivity contribution in [3.05, 3.63) is 136 Å². The molecule has 1 saturated heterocycles. The fourth-order valence-electron chi connectivity index (χ4n) is 9.18. The Bertz CT molecular complexity index is 2330. The minimum atomic E-state index is -0.173. The predicted molar refractivity (Wildman–Crippen MR) is 224 cm³/mol. The number of carbonyl (C=O) groups is 3. The molecule has 0 aliphatic carbocycles. The highest BCUT2D eigenvalue weighted by Crippen LogP contribution is 2.38. The lowest BCUT2D eigenvalue weighted by Crippen LogP contribution is -2.52. The lowest BCUT2D eigenvalue weighted by atomic mass is 9.89. The van der Waals surface area contributed by atoms with Crippen LogP contribution in [0.1, 0.15) is 61.5 Å². The van der Waals surface area contributed by atoms with E-state index in [4.69, 9.17) is 4.74 Å². The molecule has 11 heteroatoms. The van der Waals surface area contributed by atoms with Gasteiger partial charge in [0.1, 0.15) is 5.75 Å². The largest absolute Gasteiger partial charge is 0.508 e. The lowest BCUT2D eigenvalue weighted by Gasteiger charge is -2.41. The molecule has 0 saturated carbocycles. The summed E-state index contributed by atoms with van der Waals surface area (Å²) in [6.07, 6.45) is 4.10. The van der Waals surface area contributed by atoms with Crippen molar-refractivity contribution >= 4 is 29.2 Å². The summed E-state index contributed by atoms with van der Waals surface area (Å²) in [4.78, 5) is 51.3. The van der Waals surface area contributed by atoms with Crippen LogP contribution < -0.4 is 10.2 Å². The Morgan fingerprint density at radius 3 is 2.33 bits per heavy atom. The topological polar surface area (TPSA) is 111 Å². The number of para-hydroxylation sites is 1. The van der Waals surface area contributed by atoms with Gasteiger partial charge in [-0.15, -0.1) is 0 Å². The average molecular weight is 779 g/mol. The molecule has 1 aromatic heterocycles. The number of urea groups is 1. The van der Waals surface area contributed by atoms with Gasteiger partial charge in [-0.1, -0.05) is 42.5 Å². The summed E-state index contributed by atoms with van der Waals surface area (Å²) in [5.74, 6) is -0.0364. The summed E-state index contributed by atoms with van der Waals surface area (Å²) < 4.78 is 7.94. The molecule has 5 heterocycles. The Morgan fingerprint density at radius 2 is 1.53 bits per heavy atom. The Kier molecular flexibility index (Phi) is 10.5. The minimum absolute atomic E-state index is 0.0446. The van der Waals surface area contributed by atoms with Crippen LogP contribution in [0.4, 0.5) is 16.2 Å². The van der Waals surface area contributed by atoms with E-state index in [0.717, 1.165) is 91.2 Å². The Balaban J connectivity index is 1.13. The number of nitrogens with one attached hydrogen (secondary N) is 1. The van der Waals surface area contributed by atoms with E-state index in [1.165, 1.54) is 5.56 Å². The highest BCUT2D eigenvalue weighted by molar-refractivity contribution is 6.08. The number of ether oxygens (including phenoxy) is 1. The molecule has 0 unspecified atom stereocenters. The van der Waals surface area contributed by atoms with Crippen LogP contribution in [0.2, 0.25) is 0 Å². The molecule has 2 N–H and O–H groups in total. The Morgan fingerprint density at radius 1 is 0.776 bits per heavy atom. The maximum atomic E-state index is 15.5. The number of carbonyl (C=O) groups excluding carboxylic acids is 3. The van der Waals surface area contributed by atoms with E-state index in [9.17, 15) is 14.7 Å². The third kappa shape index (κ3) is 7.47. The van der Waals surface area contributed by atoms with Crippen LogP contribution in [0, 0.1) is 0 Å². The molecule has 58 heavy (non-hydrogen) atoms. The first-order valence-electron chi connectivity index (χ1n) is 20.5. The first kappa shape index (κ1) is 37.7. The molecule has 4 amide bonds. The number of aromatic hydroxyl groups is 1. The normalized spacial score (nSPS) is 17.8. The summed E-state index contributed by atoms with van der Waals surface area (Å²) in [7, 11) is 1.76. The maximum absolute atomic E-state index is 15.5. The highest BCUT2D eigenvalue weighted by Gasteiger charge is 2.36. The van der Waals surface area contributed by atoms with Crippen molar-refractivity contribution in [3.63, 3.8) is 0 Å². The van der Waals surface area contributed by atoms with Gasteiger partial charge in [0.05, 0.1) is 18.8 Å². The van der Waals surface area contributed by atoms with Crippen molar-refractivity contribution in [2.75, 3.05) is 56.7 Å². The van der Waals surface area contributed by atoms with Crippen LogP contribution in [-0.2, 0) is 43.6 Å². The number of phenols is 1. The molecular formula is C47H50N6O5. The number of morpholine rings is 1. The van der Waals surface area contributed by atoms with E-state index >= 15 is 4.79 Å². The lowest BCUT2D eigenvalue weighted by molar-refractivity contribution is 0.0193. The number of rotatable bonds is 7. The van der Waals surface area contributed by atoms with Gasteiger partial charge in [-0.3, -0.25) is 14.5 Å². The molecule has 0 radical (unpaired) electrons. The van der Waals surface area contributed by atoms with E-state index in [1.54, 1.807) is 36.2 Å². The van der Waals surface area contributed by atoms with Gasteiger partial charge >= 0.3 is 6.03 Å². The monoisotopic (exact) mass is 778 g/mol. The SMILES string of the molecule is CN(C(=O)c1cc(-c2cc3c(cc2C(=O)N2Cc4ccccc4C[C@H]2CN2CCOCC2)CN(C(=O)Nc2ccccc2)CC3)n2c1CCCC2)c1ccc(O)cc1. The highest BCUT2D eigenvalue weighted by atomic mass is 16.5. The Hall–Kier alpha value is -5.91. The van der Waals surface area contributed by atoms with Crippen LogP contribution >= 0.6 is 0 Å². The number of anilines is 2. The van der Waals surface area contributed by atoms with Gasteiger partial charge in [0, 0.05) is 92.8 Å². The van der Waals surface area contributed by atoms with Crippen molar-refractivity contribution in [2.24, 2.45) is 0 Å². The van der Waals surface area contributed by atoms with E-state index in [-0.39, 0.29) is 29.6 Å². The fraction of sp³-hybridized carbons (Fsp3) is 0.340. The third-order valence-electron chi connectivity index (χ3n) is 12.4. The molecular weight excluding hydrogens is 729 g/mol. The molecule has 0 spiro atoms. The van der Waals surface area contributed by atoms with Crippen LogP contribution in [0.15, 0.2) is 97.1 Å². The van der Waals surface area contributed by atoms with Crippen LogP contribution in [0.3, 0.4) is 0 Å². The van der Waals surface area contributed by atoms with E-state index in [2.05, 4.69) is 43.9 Å². The first-order chi connectivity index (χ1) is 28.3. The maximum Gasteiger partial charge on any atom is 0.322 e. The van der Waals surface area contributed by atoms with Crippen molar-refractivity contribution in [1.82, 2.24) is 19.3 Å². The first-order valence-corrected chi connectivity index (χ1v) is 20.5. The van der Waals surface area contributed by atoms with Gasteiger partial charge < -0.3 is 34.4 Å². The van der Waals surface area contributed by atoms with E-state index in [1.807, 2.05) is 53.4 Å². The summed E-state index contributed by atoms with van der Waals surface area (Å²) in [6.45, 7) is 5.94. The number of nitrogens with zero attached hydrogens (tertiary/aromatic N) is 5. The summed E-state index contributed by atoms with van der Waals surface area (Å²) in [5, 5.41) is 13.0. The molecule has 5 aromatic rings. The van der Waals surface area contributed by atoms with Gasteiger partial charge in [-0.05, 0) is 109 Å². The van der Waals surface area contributed by atoms with Crippen molar-refractivity contribution in [2.45, 2.75) is 57.8 Å². The molecule has 4 aliphatic rings. The zero-order valence-corrected chi connectivity index (χ0v) is 33.0. The van der Waals surface area contributed by atoms with Crippen LogP contribution in [-0.4, -0.2) is 94.7 Å². The molecule has 4 aliphatic heterocycles. The molecule has 1 fully saturated rings. The van der Waals surface area contributed by atoms with E-state index in [0.29, 0.717) is 56.1 Å². The average Bonchev–Trinajstić information content (AvgIpc) is 3.65. The number of phenolic OH excluding ortho intramolecular Hbond substituents is 1. The molecule has 0 bridgehead atoms. The molecule has 9 rings (SSSR count). The van der Waals surface area contributed by atoms with Crippen molar-refractivity contribution in [3.8, 4) is 17.0 Å². The quantitative estimate of drug-likeness (QED) is 0.185. The minimum Gasteiger partial charge on any atom is -0.508 e. The summed E-state index contributed by atoms with van der Waals surface area (Å²) >= 11 is 0. The summed E-state index contributed by atoms with van der Waals surface area (Å²) in [6, 6.07) is 30.5. The summed E-state index contributed by atoms with van der Waals surface area (Å²) in [5.41, 5.74) is 9.80. The van der Waals surface area contributed by atoms with Gasteiger partial charge in [0.25, 0.3) is 11.8 Å². The molecule has 4 aromatic carbocycles. The molecule has 11 nitrogen and oxygen atoms in total. The number of hydrogen-bond donors (Lipinski definition) is 2. The fourth-order valence-corrected chi connectivity index (χ4v) is 9.18. The van der Waals surface area contributed by atoms with Crippen LogP contribution in [0.25, 0.3) is 11.3 Å². The second kappa shape index (κ2) is 16.2. The second-order valence-electron chi connectivity index (χ2n) is 16.0. The number of hydrogen-bond acceptors (Lipinski definition) is 6.